The van der Waals surface area contributed by atoms with Gasteiger partial charge in [-0.15, -0.1) is 0 Å². The molecule has 1 N–H and O–H groups in total. The molecule has 4 nitrogen and oxygen atoms in total. The third kappa shape index (κ3) is 2.19. The van der Waals surface area contributed by atoms with Gasteiger partial charge in [0.15, 0.2) is 0 Å². The highest BCUT2D eigenvalue weighted by Gasteiger charge is 2.26. The van der Waals surface area contributed by atoms with E-state index in [9.17, 15) is 4.79 Å². The number of aliphatic hydroxyl groups is 1. The van der Waals surface area contributed by atoms with Crippen LogP contribution in [0.15, 0.2) is 0 Å². The quantitative estimate of drug-likeness (QED) is 0.596. The van der Waals surface area contributed by atoms with Crippen molar-refractivity contribution in [2.75, 3.05) is 20.3 Å². The van der Waals surface area contributed by atoms with Gasteiger partial charge >= 0.3 is 5.97 Å². The summed E-state index contributed by atoms with van der Waals surface area (Å²) in [4.78, 5) is 11.0. The highest BCUT2D eigenvalue weighted by molar-refractivity contribution is 5.72. The van der Waals surface area contributed by atoms with Crippen LogP contribution in [-0.4, -0.2) is 37.5 Å². The molecule has 0 aromatic carbocycles. The molecule has 0 unspecified atom stereocenters. The lowest BCUT2D eigenvalue weighted by Gasteiger charge is -2.25. The fourth-order valence-corrected chi connectivity index (χ4v) is 1.30. The summed E-state index contributed by atoms with van der Waals surface area (Å²) in [5.74, 6) is -0.357. The third-order valence-electron chi connectivity index (χ3n) is 2.11. The van der Waals surface area contributed by atoms with Crippen LogP contribution in [0.25, 0.3) is 0 Å². The van der Waals surface area contributed by atoms with Crippen molar-refractivity contribution in [1.29, 1.82) is 0 Å². The van der Waals surface area contributed by atoms with E-state index >= 15 is 0 Å². The Morgan fingerprint density at radius 2 is 2.42 bits per heavy atom. The maximum Gasteiger partial charge on any atom is 0.311 e. The fourth-order valence-electron chi connectivity index (χ4n) is 1.30. The maximum atomic E-state index is 11.0. The summed E-state index contributed by atoms with van der Waals surface area (Å²) < 4.78 is 9.79. The smallest absolute Gasteiger partial charge is 0.311 e. The van der Waals surface area contributed by atoms with Crippen molar-refractivity contribution in [1.82, 2.24) is 0 Å². The van der Waals surface area contributed by atoms with Crippen molar-refractivity contribution in [3.8, 4) is 0 Å². The van der Waals surface area contributed by atoms with Crippen molar-refractivity contribution >= 4 is 5.97 Å². The van der Waals surface area contributed by atoms with Crippen LogP contribution in [-0.2, 0) is 14.3 Å². The molecule has 0 aromatic rings. The lowest BCUT2D eigenvalue weighted by atomic mass is 9.99. The number of ether oxygens (including phenoxy) is 2. The minimum Gasteiger partial charge on any atom is -0.469 e. The van der Waals surface area contributed by atoms with Crippen LogP contribution >= 0.6 is 0 Å². The normalized spacial score (nSPS) is 29.8. The monoisotopic (exact) mass is 174 g/mol. The fraction of sp³-hybridized carbons (Fsp3) is 0.875. The predicted molar refractivity (Wildman–Crippen MR) is 41.6 cm³/mol. The van der Waals surface area contributed by atoms with Crippen molar-refractivity contribution in [3.63, 3.8) is 0 Å². The predicted octanol–water partition coefficient (Wildman–Crippen LogP) is -0.0531. The van der Waals surface area contributed by atoms with Crippen LogP contribution in [0.3, 0.4) is 0 Å². The Morgan fingerprint density at radius 3 is 2.83 bits per heavy atom. The van der Waals surface area contributed by atoms with E-state index in [0.717, 1.165) is 12.8 Å². The van der Waals surface area contributed by atoms with Crippen LogP contribution in [0.2, 0.25) is 0 Å². The molecule has 0 saturated carbocycles. The first kappa shape index (κ1) is 9.48. The molecule has 0 spiro atoms. The van der Waals surface area contributed by atoms with Gasteiger partial charge in [-0.25, -0.2) is 0 Å². The summed E-state index contributed by atoms with van der Waals surface area (Å²) in [5.41, 5.74) is 0. The molecule has 1 aliphatic heterocycles. The van der Waals surface area contributed by atoms with Crippen molar-refractivity contribution in [2.24, 2.45) is 5.92 Å². The number of carbonyl (C=O) groups is 1. The van der Waals surface area contributed by atoms with E-state index in [1.807, 2.05) is 0 Å². The standard InChI is InChI=1S/C8H14O4/c1-11-8(10)6-2-3-7(4-9)12-5-6/h6-7,9H,2-5H2,1H3/t6-,7+/m1/s1. The Kier molecular flexibility index (Phi) is 3.49. The highest BCUT2D eigenvalue weighted by Crippen LogP contribution is 2.19. The molecule has 70 valence electrons. The van der Waals surface area contributed by atoms with Crippen molar-refractivity contribution in [2.45, 2.75) is 18.9 Å². The van der Waals surface area contributed by atoms with Crippen molar-refractivity contribution < 1.29 is 19.4 Å². The van der Waals surface area contributed by atoms with Crippen molar-refractivity contribution in [3.05, 3.63) is 0 Å². The molecule has 1 heterocycles. The first-order valence-electron chi connectivity index (χ1n) is 4.08. The topological polar surface area (TPSA) is 55.8 Å². The maximum absolute atomic E-state index is 11.0. The molecule has 4 heteroatoms. The first-order chi connectivity index (χ1) is 5.77. The van der Waals surface area contributed by atoms with Gasteiger partial charge in [-0.3, -0.25) is 4.79 Å². The number of rotatable bonds is 2. The zero-order valence-corrected chi connectivity index (χ0v) is 7.16. The third-order valence-corrected chi connectivity index (χ3v) is 2.11. The van der Waals surface area contributed by atoms with Gasteiger partial charge in [-0.05, 0) is 12.8 Å². The Morgan fingerprint density at radius 1 is 1.67 bits per heavy atom. The molecule has 12 heavy (non-hydrogen) atoms. The van der Waals surface area contributed by atoms with Gasteiger partial charge in [0.25, 0.3) is 0 Å². The average molecular weight is 174 g/mol. The molecule has 0 aliphatic carbocycles. The summed E-state index contributed by atoms with van der Waals surface area (Å²) in [5, 5.41) is 8.73. The summed E-state index contributed by atoms with van der Waals surface area (Å²) in [6.45, 7) is 0.409. The number of hydrogen-bond acceptors (Lipinski definition) is 4. The molecule has 1 fully saturated rings. The first-order valence-corrected chi connectivity index (χ1v) is 4.08. The SMILES string of the molecule is COC(=O)[C@@H]1CC[C@@H](CO)OC1. The van der Waals surface area contributed by atoms with Gasteiger partial charge in [0.05, 0.1) is 32.3 Å². The second kappa shape index (κ2) is 4.42. The molecular formula is C8H14O4. The van der Waals surface area contributed by atoms with Crippen LogP contribution in [0, 0.1) is 5.92 Å². The summed E-state index contributed by atoms with van der Waals surface area (Å²) >= 11 is 0. The minimum atomic E-state index is -0.216. The second-order valence-electron chi connectivity index (χ2n) is 2.94. The molecule has 0 bridgehead atoms. The number of hydrogen-bond donors (Lipinski definition) is 1. The number of carbonyl (C=O) groups excluding carboxylic acids is 1. The summed E-state index contributed by atoms with van der Waals surface area (Å²) in [6.07, 6.45) is 1.39. The summed E-state index contributed by atoms with van der Waals surface area (Å²) in [7, 11) is 1.38. The molecular weight excluding hydrogens is 160 g/mol. The number of esters is 1. The molecule has 2 atom stereocenters. The van der Waals surface area contributed by atoms with Gasteiger partial charge in [0.2, 0.25) is 0 Å². The van der Waals surface area contributed by atoms with Crippen LogP contribution in [0.4, 0.5) is 0 Å². The van der Waals surface area contributed by atoms with E-state index < -0.39 is 0 Å². The lowest BCUT2D eigenvalue weighted by Crippen LogP contribution is -2.33. The number of aliphatic hydroxyl groups excluding tert-OH is 1. The van der Waals surface area contributed by atoms with Gasteiger partial charge in [0.1, 0.15) is 0 Å². The average Bonchev–Trinajstić information content (AvgIpc) is 2.17. The Balaban J connectivity index is 2.30. The molecule has 0 aromatic heterocycles. The van der Waals surface area contributed by atoms with Gasteiger partial charge in [-0.1, -0.05) is 0 Å². The second-order valence-corrected chi connectivity index (χ2v) is 2.94. The minimum absolute atomic E-state index is 0.0356. The Labute approximate surface area is 71.5 Å². The Bertz CT molecular complexity index is 149. The largest absolute Gasteiger partial charge is 0.469 e. The lowest BCUT2D eigenvalue weighted by molar-refractivity contribution is -0.152. The van der Waals surface area contributed by atoms with E-state index in [1.54, 1.807) is 0 Å². The molecule has 1 aliphatic rings. The molecule has 0 amide bonds. The van der Waals surface area contributed by atoms with Gasteiger partial charge < -0.3 is 14.6 Å². The number of methoxy groups -OCH3 is 1. The van der Waals surface area contributed by atoms with E-state index in [0.29, 0.717) is 6.61 Å². The van der Waals surface area contributed by atoms with Crippen LogP contribution in [0.5, 0.6) is 0 Å². The van der Waals surface area contributed by atoms with Gasteiger partial charge in [0, 0.05) is 0 Å². The van der Waals surface area contributed by atoms with Gasteiger partial charge in [-0.2, -0.15) is 0 Å². The Hall–Kier alpha value is -0.610. The molecule has 0 radical (unpaired) electrons. The molecule has 1 saturated heterocycles. The van der Waals surface area contributed by atoms with Crippen LogP contribution in [0.1, 0.15) is 12.8 Å². The van der Waals surface area contributed by atoms with Crippen LogP contribution < -0.4 is 0 Å². The zero-order chi connectivity index (χ0) is 8.97. The zero-order valence-electron chi connectivity index (χ0n) is 7.16. The summed E-state index contributed by atoms with van der Waals surface area (Å²) in [6, 6.07) is 0. The van der Waals surface area contributed by atoms with E-state index in [4.69, 9.17) is 9.84 Å². The highest BCUT2D eigenvalue weighted by atomic mass is 16.5. The van der Waals surface area contributed by atoms with E-state index in [1.165, 1.54) is 7.11 Å². The molecule has 1 rings (SSSR count). The van der Waals surface area contributed by atoms with E-state index in [-0.39, 0.29) is 24.6 Å². The van der Waals surface area contributed by atoms with E-state index in [2.05, 4.69) is 4.74 Å².